The summed E-state index contributed by atoms with van der Waals surface area (Å²) in [4.78, 5) is 7.71. The largest absolute Gasteiger partial charge is 0.348 e. The number of H-pyrrole nitrogens is 1. The molecule has 2 heteroatoms. The molecule has 0 bridgehead atoms. The molecule has 19 heavy (non-hydrogen) atoms. The van der Waals surface area contributed by atoms with Gasteiger partial charge in [-0.05, 0) is 18.4 Å². The van der Waals surface area contributed by atoms with Crippen molar-refractivity contribution in [2.24, 2.45) is 0 Å². The van der Waals surface area contributed by atoms with Crippen molar-refractivity contribution in [1.29, 1.82) is 0 Å². The fourth-order valence-electron chi connectivity index (χ4n) is 2.27. The van der Waals surface area contributed by atoms with E-state index in [9.17, 15) is 0 Å². The first kappa shape index (κ1) is 11.7. The SMILES string of the molecule is c1ccc(CCc2[nH]cnc2-c2ccccc2)cc1. The first-order valence-corrected chi connectivity index (χ1v) is 6.55. The zero-order valence-corrected chi connectivity index (χ0v) is 10.7. The molecule has 0 fully saturated rings. The van der Waals surface area contributed by atoms with Crippen LogP contribution in [0, 0.1) is 0 Å². The summed E-state index contributed by atoms with van der Waals surface area (Å²) in [6.07, 6.45) is 3.79. The third-order valence-electron chi connectivity index (χ3n) is 3.27. The molecular weight excluding hydrogens is 232 g/mol. The minimum absolute atomic E-state index is 0.980. The van der Waals surface area contributed by atoms with Crippen LogP contribution in [0.1, 0.15) is 11.3 Å². The summed E-state index contributed by atoms with van der Waals surface area (Å²) in [6, 6.07) is 20.9. The van der Waals surface area contributed by atoms with Gasteiger partial charge in [-0.1, -0.05) is 60.7 Å². The molecule has 1 N–H and O–H groups in total. The third kappa shape index (κ3) is 2.74. The summed E-state index contributed by atoms with van der Waals surface area (Å²) in [5, 5.41) is 0. The van der Waals surface area contributed by atoms with Crippen LogP contribution in [0.4, 0.5) is 0 Å². The van der Waals surface area contributed by atoms with Gasteiger partial charge in [0.1, 0.15) is 0 Å². The van der Waals surface area contributed by atoms with Crippen LogP contribution in [0.2, 0.25) is 0 Å². The quantitative estimate of drug-likeness (QED) is 0.746. The number of hydrogen-bond donors (Lipinski definition) is 1. The van der Waals surface area contributed by atoms with E-state index in [1.165, 1.54) is 16.8 Å². The number of nitrogens with zero attached hydrogens (tertiary/aromatic N) is 1. The fourth-order valence-corrected chi connectivity index (χ4v) is 2.27. The van der Waals surface area contributed by atoms with Crippen molar-refractivity contribution < 1.29 is 0 Å². The van der Waals surface area contributed by atoms with Gasteiger partial charge in [-0.2, -0.15) is 0 Å². The Balaban J connectivity index is 1.78. The Morgan fingerprint density at radius 1 is 0.789 bits per heavy atom. The molecule has 3 aromatic rings. The second-order valence-electron chi connectivity index (χ2n) is 4.58. The Morgan fingerprint density at radius 3 is 2.21 bits per heavy atom. The van der Waals surface area contributed by atoms with Crippen LogP contribution in [0.3, 0.4) is 0 Å². The van der Waals surface area contributed by atoms with Gasteiger partial charge in [-0.25, -0.2) is 4.98 Å². The highest BCUT2D eigenvalue weighted by Gasteiger charge is 2.07. The third-order valence-corrected chi connectivity index (χ3v) is 3.27. The van der Waals surface area contributed by atoms with E-state index in [1.807, 2.05) is 18.2 Å². The first-order valence-electron chi connectivity index (χ1n) is 6.55. The molecule has 3 rings (SSSR count). The maximum Gasteiger partial charge on any atom is 0.0929 e. The van der Waals surface area contributed by atoms with Gasteiger partial charge in [0.25, 0.3) is 0 Å². The lowest BCUT2D eigenvalue weighted by Gasteiger charge is -2.03. The normalized spacial score (nSPS) is 10.5. The molecule has 0 aliphatic carbocycles. The van der Waals surface area contributed by atoms with E-state index < -0.39 is 0 Å². The predicted molar refractivity (Wildman–Crippen MR) is 77.9 cm³/mol. The van der Waals surface area contributed by atoms with E-state index in [4.69, 9.17) is 0 Å². The van der Waals surface area contributed by atoms with Gasteiger partial charge in [-0.15, -0.1) is 0 Å². The molecule has 0 amide bonds. The molecule has 2 nitrogen and oxygen atoms in total. The Kier molecular flexibility index (Phi) is 3.41. The van der Waals surface area contributed by atoms with E-state index in [0.717, 1.165) is 18.5 Å². The molecular formula is C17H16N2. The van der Waals surface area contributed by atoms with Crippen LogP contribution in [0.5, 0.6) is 0 Å². The second-order valence-corrected chi connectivity index (χ2v) is 4.58. The number of aryl methyl sites for hydroxylation is 2. The lowest BCUT2D eigenvalue weighted by molar-refractivity contribution is 0.927. The zero-order valence-electron chi connectivity index (χ0n) is 10.7. The van der Waals surface area contributed by atoms with Crippen molar-refractivity contribution >= 4 is 0 Å². The lowest BCUT2D eigenvalue weighted by Crippen LogP contribution is -1.94. The predicted octanol–water partition coefficient (Wildman–Crippen LogP) is 3.86. The molecule has 0 aliphatic heterocycles. The van der Waals surface area contributed by atoms with Gasteiger partial charge in [-0.3, -0.25) is 0 Å². The van der Waals surface area contributed by atoms with Gasteiger partial charge in [0.05, 0.1) is 12.0 Å². The number of nitrogens with one attached hydrogen (secondary N) is 1. The van der Waals surface area contributed by atoms with Gasteiger partial charge < -0.3 is 4.98 Å². The monoisotopic (exact) mass is 248 g/mol. The molecule has 1 aromatic heterocycles. The van der Waals surface area contributed by atoms with Gasteiger partial charge >= 0.3 is 0 Å². The molecule has 0 saturated carbocycles. The molecule has 0 spiro atoms. The molecule has 0 atom stereocenters. The van der Waals surface area contributed by atoms with Crippen LogP contribution in [0.15, 0.2) is 67.0 Å². The van der Waals surface area contributed by atoms with Crippen LogP contribution in [-0.2, 0) is 12.8 Å². The molecule has 94 valence electrons. The number of benzene rings is 2. The molecule has 2 aromatic carbocycles. The van der Waals surface area contributed by atoms with Crippen molar-refractivity contribution in [2.45, 2.75) is 12.8 Å². The van der Waals surface area contributed by atoms with Crippen molar-refractivity contribution in [3.8, 4) is 11.3 Å². The minimum Gasteiger partial charge on any atom is -0.348 e. The summed E-state index contributed by atoms with van der Waals surface area (Å²) in [5.41, 5.74) is 4.80. The van der Waals surface area contributed by atoms with Gasteiger partial charge in [0.2, 0.25) is 0 Å². The van der Waals surface area contributed by atoms with Crippen molar-refractivity contribution in [3.63, 3.8) is 0 Å². The first-order chi connectivity index (χ1) is 9.43. The van der Waals surface area contributed by atoms with Crippen LogP contribution >= 0.6 is 0 Å². The average Bonchev–Trinajstić information content (AvgIpc) is 2.95. The average molecular weight is 248 g/mol. The van der Waals surface area contributed by atoms with Crippen LogP contribution in [0.25, 0.3) is 11.3 Å². The van der Waals surface area contributed by atoms with E-state index in [0.29, 0.717) is 0 Å². The summed E-state index contributed by atoms with van der Waals surface area (Å²) in [7, 11) is 0. The molecule has 0 saturated heterocycles. The number of imidazole rings is 1. The maximum absolute atomic E-state index is 4.44. The van der Waals surface area contributed by atoms with E-state index >= 15 is 0 Å². The minimum atomic E-state index is 0.980. The highest BCUT2D eigenvalue weighted by Crippen LogP contribution is 2.21. The van der Waals surface area contributed by atoms with Crippen molar-refractivity contribution in [1.82, 2.24) is 9.97 Å². The highest BCUT2D eigenvalue weighted by molar-refractivity contribution is 5.61. The van der Waals surface area contributed by atoms with Crippen LogP contribution < -0.4 is 0 Å². The van der Waals surface area contributed by atoms with Gasteiger partial charge in [0.15, 0.2) is 0 Å². The molecule has 0 unspecified atom stereocenters. The second kappa shape index (κ2) is 5.53. The number of rotatable bonds is 4. The van der Waals surface area contributed by atoms with E-state index in [2.05, 4.69) is 52.4 Å². The standard InChI is InChI=1S/C17H16N2/c1-3-7-14(8-4-1)11-12-16-17(19-13-18-16)15-9-5-2-6-10-15/h1-10,13H,11-12H2,(H,18,19). The Bertz CT molecular complexity index is 627. The number of aromatic nitrogens is 2. The summed E-state index contributed by atoms with van der Waals surface area (Å²) < 4.78 is 0. The summed E-state index contributed by atoms with van der Waals surface area (Å²) in [5.74, 6) is 0. The maximum atomic E-state index is 4.44. The Hall–Kier alpha value is -2.35. The molecule has 0 aliphatic rings. The van der Waals surface area contributed by atoms with Crippen molar-refractivity contribution in [2.75, 3.05) is 0 Å². The fraction of sp³-hybridized carbons (Fsp3) is 0.118. The van der Waals surface area contributed by atoms with Crippen LogP contribution in [-0.4, -0.2) is 9.97 Å². The molecule has 1 heterocycles. The zero-order chi connectivity index (χ0) is 12.9. The summed E-state index contributed by atoms with van der Waals surface area (Å²) >= 11 is 0. The highest BCUT2D eigenvalue weighted by atomic mass is 14.9. The number of hydrogen-bond acceptors (Lipinski definition) is 1. The number of aromatic amines is 1. The lowest BCUT2D eigenvalue weighted by atomic mass is 10.0. The van der Waals surface area contributed by atoms with E-state index in [-0.39, 0.29) is 0 Å². The summed E-state index contributed by atoms with van der Waals surface area (Å²) in [6.45, 7) is 0. The Labute approximate surface area is 113 Å². The smallest absolute Gasteiger partial charge is 0.0929 e. The molecule has 0 radical (unpaired) electrons. The Morgan fingerprint density at radius 2 is 1.47 bits per heavy atom. The van der Waals surface area contributed by atoms with E-state index in [1.54, 1.807) is 6.33 Å². The van der Waals surface area contributed by atoms with Gasteiger partial charge in [0, 0.05) is 11.3 Å². The van der Waals surface area contributed by atoms with Crippen molar-refractivity contribution in [3.05, 3.63) is 78.2 Å². The topological polar surface area (TPSA) is 28.7 Å².